The first-order valence-corrected chi connectivity index (χ1v) is 5.38. The van der Waals surface area contributed by atoms with Crippen molar-refractivity contribution >= 4 is 11.5 Å². The van der Waals surface area contributed by atoms with Crippen molar-refractivity contribution in [3.05, 3.63) is 29.6 Å². The van der Waals surface area contributed by atoms with E-state index in [-0.39, 0.29) is 17.4 Å². The van der Waals surface area contributed by atoms with Gasteiger partial charge in [0.05, 0.1) is 11.3 Å². The number of halogens is 1. The van der Waals surface area contributed by atoms with Crippen molar-refractivity contribution in [2.75, 3.05) is 11.4 Å². The topological polar surface area (TPSA) is 53.1 Å². The maximum absolute atomic E-state index is 13.6. The summed E-state index contributed by atoms with van der Waals surface area (Å²) in [6, 6.07) is 5.00. The molecule has 88 valence electrons. The van der Waals surface area contributed by atoms with Gasteiger partial charge in [0, 0.05) is 12.6 Å². The summed E-state index contributed by atoms with van der Waals surface area (Å²) in [5.74, 6) is -0.670. The zero-order chi connectivity index (χ0) is 12.3. The zero-order valence-corrected chi connectivity index (χ0v) is 9.92. The molecule has 0 amide bonds. The second kappa shape index (κ2) is 4.96. The molecule has 4 heteroatoms. The molecular formula is C12H18FN3. The van der Waals surface area contributed by atoms with Gasteiger partial charge in [-0.1, -0.05) is 6.07 Å². The van der Waals surface area contributed by atoms with E-state index in [1.54, 1.807) is 12.1 Å². The molecule has 0 aliphatic rings. The van der Waals surface area contributed by atoms with Crippen molar-refractivity contribution in [2.24, 2.45) is 5.73 Å². The molecule has 3 nitrogen and oxygen atoms in total. The smallest absolute Gasteiger partial charge is 0.136 e. The summed E-state index contributed by atoms with van der Waals surface area (Å²) >= 11 is 0. The minimum atomic E-state index is -0.441. The standard InChI is InChI=1S/C12H18FN3/c1-4-16(8(2)3)10-7-5-6-9(13)11(10)12(14)15/h5-8H,4H2,1-3H3,(H3,14,15). The van der Waals surface area contributed by atoms with E-state index in [1.807, 2.05) is 25.7 Å². The summed E-state index contributed by atoms with van der Waals surface area (Å²) in [6.07, 6.45) is 0. The third-order valence-electron chi connectivity index (χ3n) is 2.53. The maximum atomic E-state index is 13.6. The highest BCUT2D eigenvalue weighted by Crippen LogP contribution is 2.24. The Hall–Kier alpha value is -1.58. The molecule has 3 N–H and O–H groups in total. The van der Waals surface area contributed by atoms with Crippen LogP contribution < -0.4 is 10.6 Å². The van der Waals surface area contributed by atoms with Gasteiger partial charge in [0.25, 0.3) is 0 Å². The molecule has 0 bridgehead atoms. The fraction of sp³-hybridized carbons (Fsp3) is 0.417. The number of hydrogen-bond donors (Lipinski definition) is 2. The van der Waals surface area contributed by atoms with Crippen molar-refractivity contribution in [1.29, 1.82) is 5.41 Å². The largest absolute Gasteiger partial charge is 0.384 e. The minimum absolute atomic E-state index is 0.193. The molecule has 0 aliphatic heterocycles. The van der Waals surface area contributed by atoms with Gasteiger partial charge in [-0.3, -0.25) is 5.41 Å². The molecule has 0 saturated heterocycles. The van der Waals surface area contributed by atoms with Crippen molar-refractivity contribution in [1.82, 2.24) is 0 Å². The summed E-state index contributed by atoms with van der Waals surface area (Å²) in [5.41, 5.74) is 6.30. The van der Waals surface area contributed by atoms with Gasteiger partial charge in [0.1, 0.15) is 11.7 Å². The van der Waals surface area contributed by atoms with Crippen LogP contribution in [0.1, 0.15) is 26.3 Å². The van der Waals surface area contributed by atoms with E-state index in [9.17, 15) is 4.39 Å². The number of nitrogen functional groups attached to an aromatic ring is 1. The number of anilines is 1. The monoisotopic (exact) mass is 223 g/mol. The van der Waals surface area contributed by atoms with Gasteiger partial charge in [-0.25, -0.2) is 4.39 Å². The Kier molecular flexibility index (Phi) is 3.88. The molecule has 0 atom stereocenters. The second-order valence-corrected chi connectivity index (χ2v) is 3.93. The third kappa shape index (κ3) is 2.32. The van der Waals surface area contributed by atoms with Gasteiger partial charge in [-0.2, -0.15) is 0 Å². The number of amidine groups is 1. The number of nitrogens with zero attached hydrogens (tertiary/aromatic N) is 1. The van der Waals surface area contributed by atoms with E-state index >= 15 is 0 Å². The predicted molar refractivity (Wildman–Crippen MR) is 65.6 cm³/mol. The Morgan fingerprint density at radius 2 is 2.12 bits per heavy atom. The summed E-state index contributed by atoms with van der Waals surface area (Å²) in [7, 11) is 0. The molecule has 1 rings (SSSR count). The first-order valence-electron chi connectivity index (χ1n) is 5.38. The quantitative estimate of drug-likeness (QED) is 0.608. The molecule has 0 spiro atoms. The fourth-order valence-corrected chi connectivity index (χ4v) is 1.83. The van der Waals surface area contributed by atoms with Gasteiger partial charge in [-0.05, 0) is 32.9 Å². The van der Waals surface area contributed by atoms with E-state index in [1.165, 1.54) is 6.07 Å². The van der Waals surface area contributed by atoms with Crippen molar-refractivity contribution in [2.45, 2.75) is 26.8 Å². The lowest BCUT2D eigenvalue weighted by Crippen LogP contribution is -2.33. The lowest BCUT2D eigenvalue weighted by Gasteiger charge is -2.29. The second-order valence-electron chi connectivity index (χ2n) is 3.93. The van der Waals surface area contributed by atoms with Crippen LogP contribution in [0.2, 0.25) is 0 Å². The van der Waals surface area contributed by atoms with Gasteiger partial charge in [-0.15, -0.1) is 0 Å². The van der Waals surface area contributed by atoms with Crippen LogP contribution >= 0.6 is 0 Å². The van der Waals surface area contributed by atoms with E-state index in [0.29, 0.717) is 5.69 Å². The summed E-state index contributed by atoms with van der Waals surface area (Å²) in [4.78, 5) is 2.01. The molecule has 0 saturated carbocycles. The van der Waals surface area contributed by atoms with Crippen LogP contribution in [-0.4, -0.2) is 18.4 Å². The molecular weight excluding hydrogens is 205 g/mol. The summed E-state index contributed by atoms with van der Waals surface area (Å²) < 4.78 is 13.6. The SMILES string of the molecule is CCN(c1cccc(F)c1C(=N)N)C(C)C. The Balaban J connectivity index is 3.31. The normalized spacial score (nSPS) is 10.6. The molecule has 16 heavy (non-hydrogen) atoms. The van der Waals surface area contributed by atoms with E-state index in [4.69, 9.17) is 11.1 Å². The zero-order valence-electron chi connectivity index (χ0n) is 9.92. The van der Waals surface area contributed by atoms with Gasteiger partial charge in [0.2, 0.25) is 0 Å². The van der Waals surface area contributed by atoms with Gasteiger partial charge < -0.3 is 10.6 Å². The van der Waals surface area contributed by atoms with Crippen LogP contribution in [0.4, 0.5) is 10.1 Å². The summed E-state index contributed by atoms with van der Waals surface area (Å²) in [6.45, 7) is 6.80. The molecule has 0 fully saturated rings. The van der Waals surface area contributed by atoms with Crippen molar-refractivity contribution < 1.29 is 4.39 Å². The average Bonchev–Trinajstić information content (AvgIpc) is 2.17. The van der Waals surface area contributed by atoms with Crippen LogP contribution in [0.25, 0.3) is 0 Å². The number of hydrogen-bond acceptors (Lipinski definition) is 2. The first kappa shape index (κ1) is 12.5. The van der Waals surface area contributed by atoms with Crippen LogP contribution in [0.5, 0.6) is 0 Å². The Morgan fingerprint density at radius 1 is 1.50 bits per heavy atom. The molecule has 0 aromatic heterocycles. The Bertz CT molecular complexity index is 388. The lowest BCUT2D eigenvalue weighted by atomic mass is 10.1. The molecule has 0 unspecified atom stereocenters. The minimum Gasteiger partial charge on any atom is -0.384 e. The Morgan fingerprint density at radius 3 is 2.56 bits per heavy atom. The maximum Gasteiger partial charge on any atom is 0.136 e. The number of nitrogens with two attached hydrogens (primary N) is 1. The van der Waals surface area contributed by atoms with E-state index in [2.05, 4.69) is 0 Å². The first-order chi connectivity index (χ1) is 7.49. The van der Waals surface area contributed by atoms with Gasteiger partial charge in [0.15, 0.2) is 0 Å². The fourth-order valence-electron chi connectivity index (χ4n) is 1.83. The lowest BCUT2D eigenvalue weighted by molar-refractivity contribution is 0.620. The number of nitrogens with one attached hydrogen (secondary N) is 1. The van der Waals surface area contributed by atoms with Crippen molar-refractivity contribution in [3.8, 4) is 0 Å². The number of benzene rings is 1. The van der Waals surface area contributed by atoms with Crippen LogP contribution in [0.3, 0.4) is 0 Å². The highest BCUT2D eigenvalue weighted by atomic mass is 19.1. The molecule has 0 heterocycles. The van der Waals surface area contributed by atoms with Crippen molar-refractivity contribution in [3.63, 3.8) is 0 Å². The molecule has 1 aromatic rings. The van der Waals surface area contributed by atoms with E-state index < -0.39 is 5.82 Å². The molecule has 0 radical (unpaired) electrons. The average molecular weight is 223 g/mol. The van der Waals surface area contributed by atoms with E-state index in [0.717, 1.165) is 6.54 Å². The highest BCUT2D eigenvalue weighted by Gasteiger charge is 2.17. The third-order valence-corrected chi connectivity index (χ3v) is 2.53. The van der Waals surface area contributed by atoms with Crippen LogP contribution in [0.15, 0.2) is 18.2 Å². The van der Waals surface area contributed by atoms with Crippen LogP contribution in [-0.2, 0) is 0 Å². The molecule has 0 aliphatic carbocycles. The van der Waals surface area contributed by atoms with Crippen LogP contribution in [0, 0.1) is 11.2 Å². The molecule has 1 aromatic carbocycles. The Labute approximate surface area is 95.6 Å². The number of rotatable bonds is 4. The highest BCUT2D eigenvalue weighted by molar-refractivity contribution is 6.00. The summed E-state index contributed by atoms with van der Waals surface area (Å²) in [5, 5.41) is 7.44. The predicted octanol–water partition coefficient (Wildman–Crippen LogP) is 2.34. The van der Waals surface area contributed by atoms with Gasteiger partial charge >= 0.3 is 0 Å².